The fourth-order valence-electron chi connectivity index (χ4n) is 6.05. The summed E-state index contributed by atoms with van der Waals surface area (Å²) in [6.07, 6.45) is 0. The highest BCUT2D eigenvalue weighted by atomic mass is 32.2. The van der Waals surface area contributed by atoms with Gasteiger partial charge in [-0.15, -0.1) is 23.5 Å². The number of benzene rings is 2. The number of phenolic OH excluding ortho intramolecular Hbond substituents is 2. The molecule has 2 aromatic carbocycles. The summed E-state index contributed by atoms with van der Waals surface area (Å²) < 4.78 is 0. The van der Waals surface area contributed by atoms with E-state index in [0.717, 1.165) is 33.4 Å². The highest BCUT2D eigenvalue weighted by Gasteiger charge is 2.39. The quantitative estimate of drug-likeness (QED) is 0.344. The zero-order valence-electron chi connectivity index (χ0n) is 28.7. The van der Waals surface area contributed by atoms with E-state index in [9.17, 15) is 19.8 Å². The molecular weight excluding hydrogens is 589 g/mol. The van der Waals surface area contributed by atoms with Crippen LogP contribution in [0.1, 0.15) is 127 Å². The monoisotopic (exact) mass is 640 g/mol. The lowest BCUT2D eigenvalue weighted by Gasteiger charge is -2.33. The van der Waals surface area contributed by atoms with Crippen LogP contribution in [-0.2, 0) is 31.2 Å². The molecule has 2 fully saturated rings. The molecule has 2 saturated heterocycles. The van der Waals surface area contributed by atoms with Gasteiger partial charge in [-0.3, -0.25) is 9.59 Å². The Kier molecular flexibility index (Phi) is 9.26. The summed E-state index contributed by atoms with van der Waals surface area (Å²) in [5, 5.41) is 22.1. The number of carbonyl (C=O) groups is 2. The molecule has 2 atom stereocenters. The van der Waals surface area contributed by atoms with Crippen molar-refractivity contribution in [1.29, 1.82) is 0 Å². The van der Waals surface area contributed by atoms with Crippen molar-refractivity contribution in [3.63, 3.8) is 0 Å². The van der Waals surface area contributed by atoms with E-state index in [1.807, 2.05) is 9.80 Å². The maximum Gasteiger partial charge on any atom is 0.233 e. The average molecular weight is 641 g/mol. The Morgan fingerprint density at radius 1 is 0.568 bits per heavy atom. The maximum atomic E-state index is 13.3. The molecule has 0 bridgehead atoms. The molecule has 0 aromatic heterocycles. The third-order valence-electron chi connectivity index (χ3n) is 8.58. The van der Waals surface area contributed by atoms with E-state index >= 15 is 0 Å². The van der Waals surface area contributed by atoms with Crippen molar-refractivity contribution in [2.24, 2.45) is 0 Å². The second kappa shape index (κ2) is 11.8. The molecule has 0 spiro atoms. The number of hydrogen-bond acceptors (Lipinski definition) is 6. The molecule has 0 saturated carbocycles. The van der Waals surface area contributed by atoms with Crippen molar-refractivity contribution in [2.45, 2.75) is 115 Å². The molecule has 2 aromatic rings. The van der Waals surface area contributed by atoms with Gasteiger partial charge < -0.3 is 20.0 Å². The number of rotatable bonds is 5. The average Bonchev–Trinajstić information content (AvgIpc) is 3.41. The zero-order chi connectivity index (χ0) is 33.2. The van der Waals surface area contributed by atoms with Crippen molar-refractivity contribution in [3.8, 4) is 11.5 Å². The Bertz CT molecular complexity index is 1260. The van der Waals surface area contributed by atoms with Gasteiger partial charge in [0.1, 0.15) is 22.2 Å². The molecule has 6 nitrogen and oxygen atoms in total. The highest BCUT2D eigenvalue weighted by Crippen LogP contribution is 2.48. The number of hydrogen-bond donors (Lipinski definition) is 2. The predicted molar refractivity (Wildman–Crippen MR) is 185 cm³/mol. The van der Waals surface area contributed by atoms with Crippen LogP contribution in [0.5, 0.6) is 11.5 Å². The fourth-order valence-corrected chi connectivity index (χ4v) is 8.44. The zero-order valence-corrected chi connectivity index (χ0v) is 30.3. The van der Waals surface area contributed by atoms with Gasteiger partial charge in [-0.25, -0.2) is 0 Å². The first-order valence-corrected chi connectivity index (χ1v) is 17.7. The van der Waals surface area contributed by atoms with Crippen LogP contribution in [0, 0.1) is 0 Å². The van der Waals surface area contributed by atoms with Gasteiger partial charge in [0.05, 0.1) is 11.5 Å². The van der Waals surface area contributed by atoms with Crippen molar-refractivity contribution < 1.29 is 19.8 Å². The van der Waals surface area contributed by atoms with E-state index in [-0.39, 0.29) is 44.2 Å². The smallest absolute Gasteiger partial charge is 0.233 e. The number of thioether (sulfide) groups is 2. The van der Waals surface area contributed by atoms with Crippen LogP contribution >= 0.6 is 23.5 Å². The number of aromatic hydroxyl groups is 2. The van der Waals surface area contributed by atoms with E-state index in [1.165, 1.54) is 0 Å². The Labute approximate surface area is 273 Å². The molecule has 44 heavy (non-hydrogen) atoms. The van der Waals surface area contributed by atoms with E-state index in [1.54, 1.807) is 23.5 Å². The summed E-state index contributed by atoms with van der Waals surface area (Å²) >= 11 is 3.21. The van der Waals surface area contributed by atoms with Gasteiger partial charge in [0, 0.05) is 13.1 Å². The van der Waals surface area contributed by atoms with Crippen LogP contribution in [0.3, 0.4) is 0 Å². The maximum absolute atomic E-state index is 13.3. The molecule has 242 valence electrons. The van der Waals surface area contributed by atoms with Crippen LogP contribution < -0.4 is 0 Å². The van der Waals surface area contributed by atoms with Crippen molar-refractivity contribution in [1.82, 2.24) is 9.80 Å². The number of carbonyl (C=O) groups excluding carboxylic acids is 2. The molecular formula is C36H52N2O4S2. The van der Waals surface area contributed by atoms with Crippen LogP contribution in [-0.4, -0.2) is 56.4 Å². The number of nitrogens with zero attached hydrogens (tertiary/aromatic N) is 2. The molecule has 2 aliphatic rings. The van der Waals surface area contributed by atoms with Crippen LogP contribution in [0.25, 0.3) is 0 Å². The number of amides is 2. The molecule has 2 N–H and O–H groups in total. The molecule has 2 amide bonds. The molecule has 0 aliphatic carbocycles. The van der Waals surface area contributed by atoms with Crippen LogP contribution in [0.15, 0.2) is 24.3 Å². The van der Waals surface area contributed by atoms with Crippen LogP contribution in [0.4, 0.5) is 0 Å². The Morgan fingerprint density at radius 2 is 0.818 bits per heavy atom. The lowest BCUT2D eigenvalue weighted by Crippen LogP contribution is -2.39. The Morgan fingerprint density at radius 3 is 1.05 bits per heavy atom. The van der Waals surface area contributed by atoms with Gasteiger partial charge in [0.15, 0.2) is 0 Å². The lowest BCUT2D eigenvalue weighted by molar-refractivity contribution is -0.132. The largest absolute Gasteiger partial charge is 0.507 e. The first-order valence-electron chi connectivity index (χ1n) is 15.6. The van der Waals surface area contributed by atoms with E-state index in [4.69, 9.17) is 0 Å². The lowest BCUT2D eigenvalue weighted by atomic mass is 9.78. The molecule has 8 heteroatoms. The fraction of sp³-hybridized carbons (Fsp3) is 0.611. The molecule has 0 unspecified atom stereocenters. The van der Waals surface area contributed by atoms with Crippen LogP contribution in [0.2, 0.25) is 0 Å². The highest BCUT2D eigenvalue weighted by molar-refractivity contribution is 8.00. The van der Waals surface area contributed by atoms with Crippen molar-refractivity contribution >= 4 is 35.3 Å². The SMILES string of the molecule is CC(C)(C)c1cc([C@@H]2SCC(=O)N2CCN2C(=O)CS[C@H]2c2cc(C(C)(C)C)c(O)c(C(C)(C)C)c2)cc(C(C)(C)C)c1O. The molecule has 2 heterocycles. The summed E-state index contributed by atoms with van der Waals surface area (Å²) in [5.74, 6) is 1.55. The van der Waals surface area contributed by atoms with E-state index in [0.29, 0.717) is 36.1 Å². The summed E-state index contributed by atoms with van der Waals surface area (Å²) in [6, 6.07) is 8.25. The third-order valence-corrected chi connectivity index (χ3v) is 11.1. The first kappa shape index (κ1) is 34.6. The van der Waals surface area contributed by atoms with E-state index in [2.05, 4.69) is 107 Å². The minimum Gasteiger partial charge on any atom is -0.507 e. The van der Waals surface area contributed by atoms with Gasteiger partial charge in [-0.1, -0.05) is 83.1 Å². The van der Waals surface area contributed by atoms with Gasteiger partial charge >= 0.3 is 0 Å². The van der Waals surface area contributed by atoms with Crippen molar-refractivity contribution in [3.05, 3.63) is 57.6 Å². The minimum atomic E-state index is -0.271. The van der Waals surface area contributed by atoms with Gasteiger partial charge in [0.25, 0.3) is 0 Å². The molecule has 2 aliphatic heterocycles. The first-order chi connectivity index (χ1) is 20.0. The molecule has 4 rings (SSSR count). The normalized spacial score (nSPS) is 20.3. The summed E-state index contributed by atoms with van der Waals surface area (Å²) in [4.78, 5) is 30.4. The minimum absolute atomic E-state index is 0.0632. The predicted octanol–water partition coefficient (Wildman–Crippen LogP) is 8.14. The van der Waals surface area contributed by atoms with Gasteiger partial charge in [-0.2, -0.15) is 0 Å². The topological polar surface area (TPSA) is 81.1 Å². The van der Waals surface area contributed by atoms with E-state index < -0.39 is 0 Å². The second-order valence-corrected chi connectivity index (χ2v) is 18.6. The second-order valence-electron chi connectivity index (χ2n) is 16.4. The van der Waals surface area contributed by atoms with Gasteiger partial charge in [-0.05, 0) is 79.3 Å². The van der Waals surface area contributed by atoms with Crippen molar-refractivity contribution in [2.75, 3.05) is 24.6 Å². The summed E-state index contributed by atoms with van der Waals surface area (Å²) in [5.41, 5.74) is 4.44. The summed E-state index contributed by atoms with van der Waals surface area (Å²) in [7, 11) is 0. The Balaban J connectivity index is 1.68. The standard InChI is InChI=1S/C36H52N2O4S2/c1-33(2,3)23-15-21(16-24(29(23)41)34(4,5)6)31-37(27(39)19-43-31)13-14-38-28(40)20-44-32(38)22-17-25(35(7,8)9)30(42)26(18-22)36(10,11)12/h15-18,31-32,41-42H,13-14,19-20H2,1-12H3/t31-,32-/m0/s1. The third kappa shape index (κ3) is 6.91. The van der Waals surface area contributed by atoms with Gasteiger partial charge in [0.2, 0.25) is 11.8 Å². The molecule has 0 radical (unpaired) electrons. The Hall–Kier alpha value is -2.32. The number of phenols is 2. The summed E-state index contributed by atoms with van der Waals surface area (Å²) in [6.45, 7) is 26.0.